The second kappa shape index (κ2) is 8.81. The molecule has 2 fully saturated rings. The molecule has 0 unspecified atom stereocenters. The number of hydrogen-bond donors (Lipinski definition) is 1. The van der Waals surface area contributed by atoms with Crippen LogP contribution >= 0.6 is 0 Å². The monoisotopic (exact) mass is 343 g/mol. The molecule has 2 heterocycles. The van der Waals surface area contributed by atoms with Crippen LogP contribution in [-0.4, -0.2) is 60.5 Å². The lowest BCUT2D eigenvalue weighted by Gasteiger charge is -2.37. The Hall–Kier alpha value is -1.39. The Kier molecular flexibility index (Phi) is 6.49. The predicted molar refractivity (Wildman–Crippen MR) is 103 cm³/mol. The van der Waals surface area contributed by atoms with E-state index in [0.29, 0.717) is 12.1 Å². The molecular formula is C21H33N3O. The van der Waals surface area contributed by atoms with Crippen LogP contribution in [0.4, 0.5) is 0 Å². The van der Waals surface area contributed by atoms with Gasteiger partial charge >= 0.3 is 0 Å². The normalized spacial score (nSPS) is 25.4. The lowest BCUT2D eigenvalue weighted by molar-refractivity contribution is -0.125. The number of hydrogen-bond acceptors (Lipinski definition) is 3. The van der Waals surface area contributed by atoms with Crippen molar-refractivity contribution >= 4 is 5.91 Å². The van der Waals surface area contributed by atoms with Crippen molar-refractivity contribution in [3.05, 3.63) is 35.9 Å². The molecule has 0 saturated carbocycles. The van der Waals surface area contributed by atoms with Gasteiger partial charge in [0.25, 0.3) is 0 Å². The maximum absolute atomic E-state index is 12.0. The van der Waals surface area contributed by atoms with Crippen LogP contribution in [0.15, 0.2) is 30.3 Å². The van der Waals surface area contributed by atoms with Crippen molar-refractivity contribution in [2.45, 2.75) is 51.6 Å². The van der Waals surface area contributed by atoms with Gasteiger partial charge < -0.3 is 10.2 Å². The molecule has 138 valence electrons. The Morgan fingerprint density at radius 1 is 1.16 bits per heavy atom. The van der Waals surface area contributed by atoms with Gasteiger partial charge in [0.15, 0.2) is 0 Å². The van der Waals surface area contributed by atoms with E-state index in [1.54, 1.807) is 0 Å². The Morgan fingerprint density at radius 2 is 1.96 bits per heavy atom. The molecular weight excluding hydrogens is 310 g/mol. The molecule has 2 atom stereocenters. The molecule has 0 radical (unpaired) electrons. The summed E-state index contributed by atoms with van der Waals surface area (Å²) < 4.78 is 0. The SMILES string of the molecule is CC(C)C(=O)N[C@H]1CCCN([C@H]2CCN(CCc3ccccc3)C2)C1. The molecule has 2 aliphatic heterocycles. The molecule has 2 aliphatic rings. The van der Waals surface area contributed by atoms with Gasteiger partial charge in [0.05, 0.1) is 0 Å². The van der Waals surface area contributed by atoms with E-state index in [1.807, 2.05) is 13.8 Å². The number of likely N-dealkylation sites (tertiary alicyclic amines) is 2. The zero-order valence-electron chi connectivity index (χ0n) is 15.8. The van der Waals surface area contributed by atoms with Crippen LogP contribution in [-0.2, 0) is 11.2 Å². The number of carbonyl (C=O) groups excluding carboxylic acids is 1. The summed E-state index contributed by atoms with van der Waals surface area (Å²) in [5.74, 6) is 0.276. The molecule has 0 aliphatic carbocycles. The fourth-order valence-corrected chi connectivity index (χ4v) is 4.07. The summed E-state index contributed by atoms with van der Waals surface area (Å²) in [6.45, 7) is 9.69. The molecule has 2 saturated heterocycles. The van der Waals surface area contributed by atoms with Crippen molar-refractivity contribution in [2.75, 3.05) is 32.7 Å². The fraction of sp³-hybridized carbons (Fsp3) is 0.667. The molecule has 1 N–H and O–H groups in total. The van der Waals surface area contributed by atoms with E-state index in [-0.39, 0.29) is 11.8 Å². The van der Waals surface area contributed by atoms with E-state index < -0.39 is 0 Å². The summed E-state index contributed by atoms with van der Waals surface area (Å²) in [5, 5.41) is 3.24. The highest BCUT2D eigenvalue weighted by Gasteiger charge is 2.31. The zero-order valence-corrected chi connectivity index (χ0v) is 15.8. The fourth-order valence-electron chi connectivity index (χ4n) is 4.07. The molecule has 0 bridgehead atoms. The quantitative estimate of drug-likeness (QED) is 0.862. The van der Waals surface area contributed by atoms with Crippen LogP contribution in [0, 0.1) is 5.92 Å². The first kappa shape index (κ1) is 18.4. The minimum atomic E-state index is 0.0790. The number of carbonyl (C=O) groups is 1. The summed E-state index contributed by atoms with van der Waals surface area (Å²) in [4.78, 5) is 17.2. The third-order valence-electron chi connectivity index (χ3n) is 5.65. The Labute approximate surface area is 152 Å². The third-order valence-corrected chi connectivity index (χ3v) is 5.65. The Bertz CT molecular complexity index is 545. The van der Waals surface area contributed by atoms with Crippen molar-refractivity contribution < 1.29 is 4.79 Å². The van der Waals surface area contributed by atoms with Gasteiger partial charge in [0.1, 0.15) is 0 Å². The first-order chi connectivity index (χ1) is 12.1. The number of amides is 1. The van der Waals surface area contributed by atoms with E-state index in [1.165, 1.54) is 38.0 Å². The van der Waals surface area contributed by atoms with Crippen molar-refractivity contribution in [1.29, 1.82) is 0 Å². The molecule has 4 nitrogen and oxygen atoms in total. The molecule has 0 spiro atoms. The summed E-state index contributed by atoms with van der Waals surface area (Å²) >= 11 is 0. The van der Waals surface area contributed by atoms with E-state index in [2.05, 4.69) is 45.4 Å². The van der Waals surface area contributed by atoms with Gasteiger partial charge in [-0.3, -0.25) is 9.69 Å². The predicted octanol–water partition coefficient (Wildman–Crippen LogP) is 2.54. The maximum Gasteiger partial charge on any atom is 0.222 e. The molecule has 1 aromatic carbocycles. The molecule has 3 rings (SSSR count). The van der Waals surface area contributed by atoms with Crippen LogP contribution in [0.2, 0.25) is 0 Å². The summed E-state index contributed by atoms with van der Waals surface area (Å²) in [6.07, 6.45) is 4.73. The van der Waals surface area contributed by atoms with Crippen LogP contribution in [0.1, 0.15) is 38.7 Å². The van der Waals surface area contributed by atoms with E-state index in [0.717, 1.165) is 25.9 Å². The van der Waals surface area contributed by atoms with Gasteiger partial charge in [-0.2, -0.15) is 0 Å². The minimum absolute atomic E-state index is 0.0790. The topological polar surface area (TPSA) is 35.6 Å². The van der Waals surface area contributed by atoms with Crippen LogP contribution in [0.25, 0.3) is 0 Å². The largest absolute Gasteiger partial charge is 0.352 e. The lowest BCUT2D eigenvalue weighted by atomic mass is 10.0. The van der Waals surface area contributed by atoms with E-state index >= 15 is 0 Å². The number of benzene rings is 1. The van der Waals surface area contributed by atoms with Gasteiger partial charge in [-0.15, -0.1) is 0 Å². The smallest absolute Gasteiger partial charge is 0.222 e. The summed E-state index contributed by atoms with van der Waals surface area (Å²) in [5.41, 5.74) is 1.43. The molecule has 1 aromatic rings. The van der Waals surface area contributed by atoms with E-state index in [4.69, 9.17) is 0 Å². The van der Waals surface area contributed by atoms with Crippen LogP contribution in [0.3, 0.4) is 0 Å². The standard InChI is InChI=1S/C21H33N3O/c1-17(2)21(25)22-19-9-6-12-24(15-19)20-11-14-23(16-20)13-10-18-7-4-3-5-8-18/h3-5,7-8,17,19-20H,6,9-16H2,1-2H3,(H,22,25)/t19-,20-/m0/s1. The van der Waals surface area contributed by atoms with Crippen molar-refractivity contribution in [2.24, 2.45) is 5.92 Å². The second-order valence-corrected chi connectivity index (χ2v) is 7.98. The van der Waals surface area contributed by atoms with Gasteiger partial charge in [0.2, 0.25) is 5.91 Å². The third kappa shape index (κ3) is 5.29. The Morgan fingerprint density at radius 3 is 2.72 bits per heavy atom. The first-order valence-corrected chi connectivity index (χ1v) is 9.92. The van der Waals surface area contributed by atoms with Crippen molar-refractivity contribution in [1.82, 2.24) is 15.1 Å². The average Bonchev–Trinajstić information content (AvgIpc) is 3.10. The molecule has 25 heavy (non-hydrogen) atoms. The zero-order chi connectivity index (χ0) is 17.6. The number of nitrogens with one attached hydrogen (secondary N) is 1. The molecule has 0 aromatic heterocycles. The van der Waals surface area contributed by atoms with Gasteiger partial charge in [-0.25, -0.2) is 0 Å². The number of rotatable bonds is 6. The van der Waals surface area contributed by atoms with Gasteiger partial charge in [-0.05, 0) is 44.3 Å². The Balaban J connectivity index is 1.44. The molecule has 4 heteroatoms. The van der Waals surface area contributed by atoms with Crippen molar-refractivity contribution in [3.63, 3.8) is 0 Å². The van der Waals surface area contributed by atoms with Crippen molar-refractivity contribution in [3.8, 4) is 0 Å². The van der Waals surface area contributed by atoms with Gasteiger partial charge in [-0.1, -0.05) is 44.2 Å². The maximum atomic E-state index is 12.0. The number of nitrogens with zero attached hydrogens (tertiary/aromatic N) is 2. The van der Waals surface area contributed by atoms with Crippen LogP contribution < -0.4 is 5.32 Å². The summed E-state index contributed by atoms with van der Waals surface area (Å²) in [6, 6.07) is 11.8. The van der Waals surface area contributed by atoms with Crippen LogP contribution in [0.5, 0.6) is 0 Å². The second-order valence-electron chi connectivity index (χ2n) is 7.98. The average molecular weight is 344 g/mol. The summed E-state index contributed by atoms with van der Waals surface area (Å²) in [7, 11) is 0. The first-order valence-electron chi connectivity index (χ1n) is 9.92. The number of piperidine rings is 1. The minimum Gasteiger partial charge on any atom is -0.352 e. The molecule has 1 amide bonds. The lowest BCUT2D eigenvalue weighted by Crippen LogP contribution is -2.52. The van der Waals surface area contributed by atoms with E-state index in [9.17, 15) is 4.79 Å². The highest BCUT2D eigenvalue weighted by molar-refractivity contribution is 5.78. The highest BCUT2D eigenvalue weighted by atomic mass is 16.1. The van der Waals surface area contributed by atoms with Gasteiger partial charge in [0, 0.05) is 37.6 Å². The highest BCUT2D eigenvalue weighted by Crippen LogP contribution is 2.21.